The fraction of sp³-hybridized carbons (Fsp3) is 0.538. The largest absolute Gasteiger partial charge is 0.396 e. The number of hydrogen-bond donors (Lipinski definition) is 3. The average molecular weight is 282 g/mol. The van der Waals surface area contributed by atoms with Gasteiger partial charge >= 0.3 is 0 Å². The van der Waals surface area contributed by atoms with Crippen molar-refractivity contribution < 1.29 is 14.6 Å². The van der Waals surface area contributed by atoms with Crippen LogP contribution < -0.4 is 5.32 Å². The number of rotatable bonds is 5. The number of carbonyl (C=O) groups excluding carboxylic acids is 1. The quantitative estimate of drug-likeness (QED) is 0.711. The number of pyridine rings is 1. The van der Waals surface area contributed by atoms with Gasteiger partial charge in [-0.05, 0) is 25.0 Å². The second kappa shape index (κ2) is 6.27. The first-order chi connectivity index (χ1) is 9.17. The van der Waals surface area contributed by atoms with E-state index in [0.29, 0.717) is 36.4 Å². The van der Waals surface area contributed by atoms with Gasteiger partial charge in [0.25, 0.3) is 5.91 Å². The summed E-state index contributed by atoms with van der Waals surface area (Å²) in [7, 11) is 0. The summed E-state index contributed by atoms with van der Waals surface area (Å²) in [5.41, 5.74) is 0.320. The van der Waals surface area contributed by atoms with E-state index in [9.17, 15) is 4.79 Å². The van der Waals surface area contributed by atoms with Gasteiger partial charge in [-0.15, -0.1) is 0 Å². The fourth-order valence-corrected chi connectivity index (χ4v) is 2.50. The number of amides is 1. The fourth-order valence-electron chi connectivity index (χ4n) is 2.28. The van der Waals surface area contributed by atoms with Gasteiger partial charge in [-0.1, -0.05) is 12.2 Å². The minimum absolute atomic E-state index is 0.102. The van der Waals surface area contributed by atoms with Crippen molar-refractivity contribution in [2.45, 2.75) is 12.8 Å². The molecule has 1 saturated heterocycles. The highest BCUT2D eigenvalue weighted by Gasteiger charge is 2.34. The van der Waals surface area contributed by atoms with Gasteiger partial charge in [0.1, 0.15) is 4.64 Å². The van der Waals surface area contributed by atoms with E-state index >= 15 is 0 Å². The lowest BCUT2D eigenvalue weighted by Crippen LogP contribution is -2.38. The number of aromatic amines is 1. The van der Waals surface area contributed by atoms with Gasteiger partial charge in [0, 0.05) is 31.4 Å². The molecule has 2 heterocycles. The standard InChI is InChI=1S/C13H18N2O3S/c16-6-3-13(4-7-18-9-13)8-15-11(17)10-2-1-5-14-12(10)19/h1-2,5,16H,3-4,6-9H2,(H,14,19)(H,15,17)/t13-/m0/s1. The third-order valence-electron chi connectivity index (χ3n) is 3.51. The van der Waals surface area contributed by atoms with E-state index in [1.165, 1.54) is 0 Å². The van der Waals surface area contributed by atoms with Crippen molar-refractivity contribution in [3.63, 3.8) is 0 Å². The number of aliphatic hydroxyl groups is 1. The lowest BCUT2D eigenvalue weighted by Gasteiger charge is -2.26. The number of aliphatic hydroxyl groups excluding tert-OH is 1. The molecule has 0 radical (unpaired) electrons. The van der Waals surface area contributed by atoms with Gasteiger partial charge in [0.2, 0.25) is 0 Å². The molecular weight excluding hydrogens is 264 g/mol. The Bertz CT molecular complexity index is 495. The zero-order valence-electron chi connectivity index (χ0n) is 10.6. The molecule has 19 heavy (non-hydrogen) atoms. The second-order valence-electron chi connectivity index (χ2n) is 4.87. The van der Waals surface area contributed by atoms with Crippen LogP contribution in [0.1, 0.15) is 23.2 Å². The van der Waals surface area contributed by atoms with Gasteiger partial charge in [0.15, 0.2) is 0 Å². The number of carbonyl (C=O) groups is 1. The maximum Gasteiger partial charge on any atom is 0.254 e. The van der Waals surface area contributed by atoms with Crippen molar-refractivity contribution in [2.24, 2.45) is 5.41 Å². The van der Waals surface area contributed by atoms with Crippen molar-refractivity contribution in [1.29, 1.82) is 0 Å². The van der Waals surface area contributed by atoms with Crippen LogP contribution in [-0.2, 0) is 4.74 Å². The van der Waals surface area contributed by atoms with Crippen LogP contribution in [0.3, 0.4) is 0 Å². The molecule has 0 unspecified atom stereocenters. The minimum Gasteiger partial charge on any atom is -0.396 e. The number of hydrogen-bond acceptors (Lipinski definition) is 4. The van der Waals surface area contributed by atoms with Gasteiger partial charge in [-0.25, -0.2) is 0 Å². The van der Waals surface area contributed by atoms with Crippen molar-refractivity contribution in [1.82, 2.24) is 10.3 Å². The molecule has 1 aliphatic rings. The number of nitrogens with one attached hydrogen (secondary N) is 2. The molecule has 0 aromatic carbocycles. The maximum absolute atomic E-state index is 12.1. The summed E-state index contributed by atoms with van der Waals surface area (Å²) >= 11 is 5.08. The molecule has 1 fully saturated rings. The molecule has 1 aromatic heterocycles. The Balaban J connectivity index is 2.00. The molecular formula is C13H18N2O3S. The third-order valence-corrected chi connectivity index (χ3v) is 3.85. The molecule has 5 nitrogen and oxygen atoms in total. The SMILES string of the molecule is O=C(NC[C@]1(CCO)CCOC1)c1ccc[nH]c1=S. The monoisotopic (exact) mass is 282 g/mol. The summed E-state index contributed by atoms with van der Waals surface area (Å²) in [6.45, 7) is 1.86. The number of H-pyrrole nitrogens is 1. The summed E-state index contributed by atoms with van der Waals surface area (Å²) in [6, 6.07) is 3.44. The Labute approximate surface area is 117 Å². The van der Waals surface area contributed by atoms with Crippen molar-refractivity contribution >= 4 is 18.1 Å². The summed E-state index contributed by atoms with van der Waals surface area (Å²) < 4.78 is 5.82. The third kappa shape index (κ3) is 3.40. The smallest absolute Gasteiger partial charge is 0.254 e. The summed E-state index contributed by atoms with van der Waals surface area (Å²) in [5.74, 6) is -0.189. The normalized spacial score (nSPS) is 22.4. The Morgan fingerprint density at radius 1 is 1.63 bits per heavy atom. The highest BCUT2D eigenvalue weighted by atomic mass is 32.1. The molecule has 1 aromatic rings. The van der Waals surface area contributed by atoms with E-state index in [1.54, 1.807) is 18.3 Å². The predicted molar refractivity (Wildman–Crippen MR) is 73.5 cm³/mol. The maximum atomic E-state index is 12.1. The van der Waals surface area contributed by atoms with Crippen LogP contribution in [0.2, 0.25) is 0 Å². The molecule has 1 atom stereocenters. The number of ether oxygens (including phenoxy) is 1. The summed E-state index contributed by atoms with van der Waals surface area (Å²) in [6.07, 6.45) is 3.18. The zero-order chi connectivity index (χ0) is 13.7. The first-order valence-corrected chi connectivity index (χ1v) is 6.72. The van der Waals surface area contributed by atoms with E-state index in [2.05, 4.69) is 10.3 Å². The summed E-state index contributed by atoms with van der Waals surface area (Å²) in [4.78, 5) is 14.9. The van der Waals surface area contributed by atoms with E-state index in [-0.39, 0.29) is 17.9 Å². The van der Waals surface area contributed by atoms with Crippen LogP contribution >= 0.6 is 12.2 Å². The van der Waals surface area contributed by atoms with Gasteiger partial charge < -0.3 is 20.1 Å². The molecule has 0 bridgehead atoms. The van der Waals surface area contributed by atoms with Crippen LogP contribution in [0.25, 0.3) is 0 Å². The molecule has 3 N–H and O–H groups in total. The van der Waals surface area contributed by atoms with Crippen molar-refractivity contribution in [3.8, 4) is 0 Å². The molecule has 2 rings (SSSR count). The second-order valence-corrected chi connectivity index (χ2v) is 5.28. The molecule has 0 spiro atoms. The van der Waals surface area contributed by atoms with E-state index in [0.717, 1.165) is 6.42 Å². The Morgan fingerprint density at radius 2 is 2.47 bits per heavy atom. The molecule has 0 aliphatic carbocycles. The molecule has 6 heteroatoms. The highest BCUT2D eigenvalue weighted by Crippen LogP contribution is 2.31. The minimum atomic E-state index is -0.189. The average Bonchev–Trinajstić information content (AvgIpc) is 2.86. The van der Waals surface area contributed by atoms with Crippen LogP contribution in [0.5, 0.6) is 0 Å². The van der Waals surface area contributed by atoms with Crippen LogP contribution in [0.4, 0.5) is 0 Å². The van der Waals surface area contributed by atoms with E-state index in [4.69, 9.17) is 22.1 Å². The Morgan fingerprint density at radius 3 is 3.11 bits per heavy atom. The lowest BCUT2D eigenvalue weighted by atomic mass is 9.84. The Kier molecular flexibility index (Phi) is 4.68. The highest BCUT2D eigenvalue weighted by molar-refractivity contribution is 7.71. The van der Waals surface area contributed by atoms with Crippen molar-refractivity contribution in [3.05, 3.63) is 28.5 Å². The topological polar surface area (TPSA) is 74.3 Å². The van der Waals surface area contributed by atoms with E-state index < -0.39 is 0 Å². The zero-order valence-corrected chi connectivity index (χ0v) is 11.5. The molecule has 0 saturated carbocycles. The number of aromatic nitrogens is 1. The molecule has 104 valence electrons. The van der Waals surface area contributed by atoms with Gasteiger partial charge in [-0.3, -0.25) is 4.79 Å². The predicted octanol–water partition coefficient (Wildman–Crippen LogP) is 1.26. The van der Waals surface area contributed by atoms with Crippen LogP contribution in [0.15, 0.2) is 18.3 Å². The lowest BCUT2D eigenvalue weighted by molar-refractivity contribution is 0.0888. The summed E-state index contributed by atoms with van der Waals surface area (Å²) in [5, 5.41) is 12.0. The molecule has 1 aliphatic heterocycles. The van der Waals surface area contributed by atoms with Crippen LogP contribution in [-0.4, -0.2) is 42.4 Å². The van der Waals surface area contributed by atoms with Gasteiger partial charge in [0.05, 0.1) is 12.2 Å². The van der Waals surface area contributed by atoms with Crippen molar-refractivity contribution in [2.75, 3.05) is 26.4 Å². The first-order valence-electron chi connectivity index (χ1n) is 6.31. The molecule has 1 amide bonds. The first kappa shape index (κ1) is 14.2. The van der Waals surface area contributed by atoms with E-state index in [1.807, 2.05) is 0 Å². The Hall–Kier alpha value is -1.24. The van der Waals surface area contributed by atoms with Gasteiger partial charge in [-0.2, -0.15) is 0 Å². The van der Waals surface area contributed by atoms with Crippen LogP contribution in [0, 0.1) is 10.1 Å².